The Morgan fingerprint density at radius 2 is 1.63 bits per heavy atom. The Kier molecular flexibility index (Phi) is 7.52. The van der Waals surface area contributed by atoms with E-state index < -0.39 is 18.0 Å². The average molecular weight is 474 g/mol. The van der Waals surface area contributed by atoms with Crippen LogP contribution in [-0.4, -0.2) is 44.4 Å². The second kappa shape index (κ2) is 10.9. The van der Waals surface area contributed by atoms with Gasteiger partial charge in [0.2, 0.25) is 0 Å². The van der Waals surface area contributed by atoms with Crippen molar-refractivity contribution < 1.29 is 19.7 Å². The van der Waals surface area contributed by atoms with E-state index in [9.17, 15) is 19.8 Å². The molecular formula is C27H27N3O5. The number of carbonyl (C=O) groups is 1. The van der Waals surface area contributed by atoms with Crippen molar-refractivity contribution in [2.75, 3.05) is 7.11 Å². The number of ether oxygens (including phenoxy) is 1. The number of rotatable bonds is 10. The van der Waals surface area contributed by atoms with Crippen LogP contribution in [0.3, 0.4) is 0 Å². The highest BCUT2D eigenvalue weighted by Crippen LogP contribution is 2.24. The number of aromatic nitrogens is 3. The van der Waals surface area contributed by atoms with Crippen molar-refractivity contribution in [3.05, 3.63) is 88.7 Å². The van der Waals surface area contributed by atoms with Crippen LogP contribution in [0.1, 0.15) is 18.4 Å². The molecule has 180 valence electrons. The Labute approximate surface area is 202 Å². The molecule has 2 atom stereocenters. The van der Waals surface area contributed by atoms with Crippen LogP contribution < -0.4 is 10.3 Å². The Balaban J connectivity index is 1.36. The number of aliphatic carboxylic acids is 1. The summed E-state index contributed by atoms with van der Waals surface area (Å²) in [4.78, 5) is 24.4. The topological polar surface area (TPSA) is 115 Å². The summed E-state index contributed by atoms with van der Waals surface area (Å²) in [5.74, 6) is -1.33. The highest BCUT2D eigenvalue weighted by Gasteiger charge is 2.26. The molecule has 1 heterocycles. The van der Waals surface area contributed by atoms with Gasteiger partial charge in [-0.1, -0.05) is 53.7 Å². The summed E-state index contributed by atoms with van der Waals surface area (Å²) in [6.07, 6.45) is -0.168. The zero-order chi connectivity index (χ0) is 24.8. The maximum absolute atomic E-state index is 12.6. The van der Waals surface area contributed by atoms with Gasteiger partial charge in [-0.3, -0.25) is 9.59 Å². The lowest BCUT2D eigenvalue weighted by Gasteiger charge is -2.19. The summed E-state index contributed by atoms with van der Waals surface area (Å²) in [5.41, 5.74) is 3.28. The SMILES string of the molecule is COc1ccc(-c2ccc(CC[C@@H](O)C(CCn3nnc4ccccc4c3=O)C(=O)O)cc2)cc1. The van der Waals surface area contributed by atoms with Crippen LogP contribution in [0.4, 0.5) is 0 Å². The van der Waals surface area contributed by atoms with E-state index in [-0.39, 0.29) is 24.9 Å². The molecule has 8 heteroatoms. The molecule has 0 radical (unpaired) electrons. The molecule has 35 heavy (non-hydrogen) atoms. The average Bonchev–Trinajstić information content (AvgIpc) is 2.89. The number of hydrogen-bond acceptors (Lipinski definition) is 6. The van der Waals surface area contributed by atoms with Crippen LogP contribution >= 0.6 is 0 Å². The van der Waals surface area contributed by atoms with Gasteiger partial charge in [-0.2, -0.15) is 0 Å². The Morgan fingerprint density at radius 3 is 2.29 bits per heavy atom. The van der Waals surface area contributed by atoms with Crippen molar-refractivity contribution in [1.82, 2.24) is 15.0 Å². The number of carboxylic acid groups (broad SMARTS) is 1. The van der Waals surface area contributed by atoms with E-state index >= 15 is 0 Å². The summed E-state index contributed by atoms with van der Waals surface area (Å²) in [5, 5.41) is 28.6. The molecule has 0 fully saturated rings. The predicted molar refractivity (Wildman–Crippen MR) is 132 cm³/mol. The van der Waals surface area contributed by atoms with E-state index in [1.54, 1.807) is 31.4 Å². The summed E-state index contributed by atoms with van der Waals surface area (Å²) in [6, 6.07) is 22.6. The van der Waals surface area contributed by atoms with Crippen molar-refractivity contribution in [3.63, 3.8) is 0 Å². The number of fused-ring (bicyclic) bond motifs is 1. The van der Waals surface area contributed by atoms with Crippen LogP contribution in [0, 0.1) is 5.92 Å². The van der Waals surface area contributed by atoms with Crippen LogP contribution in [0.2, 0.25) is 0 Å². The molecule has 0 bridgehead atoms. The van der Waals surface area contributed by atoms with E-state index in [1.165, 1.54) is 0 Å². The lowest BCUT2D eigenvalue weighted by Crippen LogP contribution is -2.32. The Bertz CT molecular complexity index is 1350. The molecular weight excluding hydrogens is 446 g/mol. The number of nitrogens with zero attached hydrogens (tertiary/aromatic N) is 3. The molecule has 4 aromatic rings. The number of carboxylic acids is 1. The zero-order valence-electron chi connectivity index (χ0n) is 19.4. The first kappa shape index (κ1) is 24.1. The molecule has 1 unspecified atom stereocenters. The summed E-state index contributed by atoms with van der Waals surface area (Å²) in [7, 11) is 1.63. The molecule has 0 aliphatic rings. The third-order valence-corrected chi connectivity index (χ3v) is 6.17. The van der Waals surface area contributed by atoms with Crippen molar-refractivity contribution in [2.45, 2.75) is 31.9 Å². The van der Waals surface area contributed by atoms with Gasteiger partial charge in [-0.15, -0.1) is 5.10 Å². The first-order valence-corrected chi connectivity index (χ1v) is 11.4. The van der Waals surface area contributed by atoms with Crippen molar-refractivity contribution in [1.29, 1.82) is 0 Å². The van der Waals surface area contributed by atoms with Crippen LogP contribution in [0.15, 0.2) is 77.6 Å². The molecule has 1 aromatic heterocycles. The van der Waals surface area contributed by atoms with Crippen LogP contribution in [0.5, 0.6) is 5.75 Å². The molecule has 4 rings (SSSR count). The fraction of sp³-hybridized carbons (Fsp3) is 0.259. The first-order chi connectivity index (χ1) is 17.0. The fourth-order valence-corrected chi connectivity index (χ4v) is 4.07. The largest absolute Gasteiger partial charge is 0.497 e. The molecule has 3 aromatic carbocycles. The van der Waals surface area contributed by atoms with Gasteiger partial charge >= 0.3 is 5.97 Å². The second-order valence-corrected chi connectivity index (χ2v) is 8.40. The molecule has 0 aliphatic carbocycles. The third-order valence-electron chi connectivity index (χ3n) is 6.17. The smallest absolute Gasteiger partial charge is 0.309 e. The number of aliphatic hydroxyl groups is 1. The van der Waals surface area contributed by atoms with Gasteiger partial charge in [0.15, 0.2) is 0 Å². The Morgan fingerprint density at radius 1 is 0.971 bits per heavy atom. The number of aliphatic hydroxyl groups excluding tert-OH is 1. The molecule has 0 aliphatic heterocycles. The number of methoxy groups -OCH3 is 1. The van der Waals surface area contributed by atoms with E-state index in [0.29, 0.717) is 17.3 Å². The lowest BCUT2D eigenvalue weighted by molar-refractivity contribution is -0.146. The lowest BCUT2D eigenvalue weighted by atomic mass is 9.93. The molecule has 0 amide bonds. The van der Waals surface area contributed by atoms with Crippen molar-refractivity contribution in [2.24, 2.45) is 5.92 Å². The van der Waals surface area contributed by atoms with Gasteiger partial charge in [0.25, 0.3) is 5.56 Å². The predicted octanol–water partition coefficient (Wildman–Crippen LogP) is 3.55. The number of hydrogen-bond donors (Lipinski definition) is 2. The zero-order valence-corrected chi connectivity index (χ0v) is 19.4. The van der Waals surface area contributed by atoms with Gasteiger partial charge in [0, 0.05) is 6.54 Å². The van der Waals surface area contributed by atoms with Gasteiger partial charge < -0.3 is 14.9 Å². The maximum atomic E-state index is 12.6. The van der Waals surface area contributed by atoms with Crippen molar-refractivity contribution in [3.8, 4) is 16.9 Å². The molecule has 0 spiro atoms. The fourth-order valence-electron chi connectivity index (χ4n) is 4.07. The van der Waals surface area contributed by atoms with Gasteiger partial charge in [0.05, 0.1) is 24.5 Å². The first-order valence-electron chi connectivity index (χ1n) is 11.4. The molecule has 0 saturated heterocycles. The summed E-state index contributed by atoms with van der Waals surface area (Å²) >= 11 is 0. The van der Waals surface area contributed by atoms with E-state index in [4.69, 9.17) is 4.74 Å². The third kappa shape index (κ3) is 5.73. The standard InChI is InChI=1S/C27H27N3O5/c1-35-21-13-11-20(12-14-21)19-9-6-18(7-10-19)8-15-25(31)23(27(33)34)16-17-30-26(32)22-4-2-3-5-24(22)28-29-30/h2-7,9-14,23,25,31H,8,15-17H2,1H3,(H,33,34)/t23?,25-/m1/s1. The quantitative estimate of drug-likeness (QED) is 0.362. The molecule has 0 saturated carbocycles. The van der Waals surface area contributed by atoms with Gasteiger partial charge in [0.1, 0.15) is 11.3 Å². The van der Waals surface area contributed by atoms with Gasteiger partial charge in [-0.05, 0) is 60.2 Å². The Hall–Kier alpha value is -4.04. The van der Waals surface area contributed by atoms with Gasteiger partial charge in [-0.25, -0.2) is 4.68 Å². The second-order valence-electron chi connectivity index (χ2n) is 8.40. The summed E-state index contributed by atoms with van der Waals surface area (Å²) < 4.78 is 6.35. The minimum Gasteiger partial charge on any atom is -0.497 e. The van der Waals surface area contributed by atoms with Crippen LogP contribution in [-0.2, 0) is 17.8 Å². The van der Waals surface area contributed by atoms with Crippen LogP contribution in [0.25, 0.3) is 22.0 Å². The minimum atomic E-state index is -1.10. The van der Waals surface area contributed by atoms with Crippen molar-refractivity contribution >= 4 is 16.9 Å². The maximum Gasteiger partial charge on any atom is 0.309 e. The normalized spacial score (nSPS) is 12.9. The van der Waals surface area contributed by atoms with E-state index in [1.807, 2.05) is 48.5 Å². The highest BCUT2D eigenvalue weighted by atomic mass is 16.5. The van der Waals surface area contributed by atoms with E-state index in [2.05, 4.69) is 10.3 Å². The minimum absolute atomic E-state index is 0.0568. The molecule has 8 nitrogen and oxygen atoms in total. The highest BCUT2D eigenvalue weighted by molar-refractivity contribution is 5.76. The molecule has 2 N–H and O–H groups in total. The van der Waals surface area contributed by atoms with E-state index in [0.717, 1.165) is 27.1 Å². The number of benzene rings is 3. The summed E-state index contributed by atoms with van der Waals surface area (Å²) in [6.45, 7) is 0.0568. The monoisotopic (exact) mass is 473 g/mol. The number of aryl methyl sites for hydroxylation is 2.